The molecule has 33 heavy (non-hydrogen) atoms. The van der Waals surface area contributed by atoms with Crippen molar-refractivity contribution in [1.82, 2.24) is 14.7 Å². The van der Waals surface area contributed by atoms with E-state index in [4.69, 9.17) is 14.6 Å². The summed E-state index contributed by atoms with van der Waals surface area (Å²) in [6, 6.07) is 18.4. The highest BCUT2D eigenvalue weighted by Gasteiger charge is 2.24. The summed E-state index contributed by atoms with van der Waals surface area (Å²) in [4.78, 5) is 2.25. The highest BCUT2D eigenvalue weighted by atomic mass is 16.5. The first-order chi connectivity index (χ1) is 15.9. The molecule has 0 spiro atoms. The standard InChI is InChI=1S/C27H37N3O3/c1-6-26-25(18-29(20(3)4)17-23(31)19-32-7-2)27(33-24-15-13-21(5)14-16-24)30(28-26)22-11-9-8-10-12-22/h8-16,20,23,31H,6-7,17-19H2,1-5H3/t23-/m1/s1. The van der Waals surface area contributed by atoms with Crippen LogP contribution in [0.3, 0.4) is 0 Å². The minimum absolute atomic E-state index is 0.235. The van der Waals surface area contributed by atoms with E-state index in [0.717, 1.165) is 29.1 Å². The Morgan fingerprint density at radius 1 is 1.03 bits per heavy atom. The molecule has 0 radical (unpaired) electrons. The lowest BCUT2D eigenvalue weighted by atomic mass is 10.1. The Morgan fingerprint density at radius 2 is 1.73 bits per heavy atom. The van der Waals surface area contributed by atoms with Gasteiger partial charge in [0.1, 0.15) is 5.75 Å². The van der Waals surface area contributed by atoms with Crippen LogP contribution in [-0.2, 0) is 17.7 Å². The van der Waals surface area contributed by atoms with E-state index < -0.39 is 6.10 Å². The molecule has 0 unspecified atom stereocenters. The largest absolute Gasteiger partial charge is 0.439 e. The molecule has 0 bridgehead atoms. The van der Waals surface area contributed by atoms with Gasteiger partial charge in [-0.25, -0.2) is 4.68 Å². The molecule has 1 aromatic heterocycles. The van der Waals surface area contributed by atoms with Gasteiger partial charge in [0, 0.05) is 25.7 Å². The van der Waals surface area contributed by atoms with Gasteiger partial charge in [0.05, 0.1) is 29.7 Å². The number of benzene rings is 2. The first-order valence-corrected chi connectivity index (χ1v) is 11.8. The molecule has 2 aromatic carbocycles. The highest BCUT2D eigenvalue weighted by Crippen LogP contribution is 2.32. The molecule has 0 aliphatic heterocycles. The Balaban J connectivity index is 2.00. The third-order valence-corrected chi connectivity index (χ3v) is 5.64. The van der Waals surface area contributed by atoms with Crippen LogP contribution in [0.5, 0.6) is 11.6 Å². The Morgan fingerprint density at radius 3 is 2.33 bits per heavy atom. The summed E-state index contributed by atoms with van der Waals surface area (Å²) in [6.07, 6.45) is 0.232. The van der Waals surface area contributed by atoms with E-state index in [1.165, 1.54) is 5.56 Å². The topological polar surface area (TPSA) is 59.8 Å². The minimum Gasteiger partial charge on any atom is -0.439 e. The second kappa shape index (κ2) is 12.0. The number of rotatable bonds is 12. The summed E-state index contributed by atoms with van der Waals surface area (Å²) in [7, 11) is 0. The summed E-state index contributed by atoms with van der Waals surface area (Å²) in [6.45, 7) is 12.5. The molecule has 178 valence electrons. The third-order valence-electron chi connectivity index (χ3n) is 5.64. The van der Waals surface area contributed by atoms with Crippen molar-refractivity contribution in [3.8, 4) is 17.3 Å². The van der Waals surface area contributed by atoms with Gasteiger partial charge in [0.15, 0.2) is 0 Å². The summed E-state index contributed by atoms with van der Waals surface area (Å²) < 4.78 is 13.8. The molecule has 1 N–H and O–H groups in total. The molecule has 6 heteroatoms. The second-order valence-electron chi connectivity index (χ2n) is 8.58. The van der Waals surface area contributed by atoms with Crippen LogP contribution < -0.4 is 4.74 Å². The number of aliphatic hydroxyl groups is 1. The fraction of sp³-hybridized carbons (Fsp3) is 0.444. The molecule has 0 saturated heterocycles. The van der Waals surface area contributed by atoms with Gasteiger partial charge in [-0.3, -0.25) is 4.90 Å². The van der Waals surface area contributed by atoms with Crippen LogP contribution in [-0.4, -0.2) is 51.7 Å². The van der Waals surface area contributed by atoms with Crippen LogP contribution in [0, 0.1) is 6.92 Å². The molecule has 1 atom stereocenters. The maximum atomic E-state index is 10.5. The van der Waals surface area contributed by atoms with E-state index in [0.29, 0.717) is 32.2 Å². The molecule has 0 aliphatic rings. The van der Waals surface area contributed by atoms with Gasteiger partial charge in [-0.1, -0.05) is 42.8 Å². The fourth-order valence-electron chi connectivity index (χ4n) is 3.73. The molecular weight excluding hydrogens is 414 g/mol. The number of aromatic nitrogens is 2. The Labute approximate surface area is 197 Å². The SMILES string of the molecule is CCOC[C@H](O)CN(Cc1c(CC)nn(-c2ccccc2)c1Oc1ccc(C)cc1)C(C)C. The molecule has 3 rings (SSSR count). The molecule has 0 saturated carbocycles. The second-order valence-corrected chi connectivity index (χ2v) is 8.58. The van der Waals surface area contributed by atoms with Crippen LogP contribution in [0.25, 0.3) is 5.69 Å². The van der Waals surface area contributed by atoms with Crippen LogP contribution in [0.2, 0.25) is 0 Å². The third kappa shape index (κ3) is 6.67. The molecule has 0 fully saturated rings. The van der Waals surface area contributed by atoms with Crippen molar-refractivity contribution in [3.05, 3.63) is 71.4 Å². The minimum atomic E-state index is -0.553. The molecule has 0 aliphatic carbocycles. The van der Waals surface area contributed by atoms with E-state index in [1.807, 2.05) is 66.2 Å². The van der Waals surface area contributed by atoms with Gasteiger partial charge >= 0.3 is 0 Å². The van der Waals surface area contributed by atoms with Gasteiger partial charge in [0.2, 0.25) is 5.88 Å². The van der Waals surface area contributed by atoms with Crippen LogP contribution >= 0.6 is 0 Å². The zero-order valence-electron chi connectivity index (χ0n) is 20.5. The number of aryl methyl sites for hydroxylation is 2. The average molecular weight is 452 g/mol. The van der Waals surface area contributed by atoms with E-state index in [2.05, 4.69) is 32.6 Å². The first-order valence-electron chi connectivity index (χ1n) is 11.8. The normalized spacial score (nSPS) is 12.5. The number of hydrogen-bond donors (Lipinski definition) is 1. The van der Waals surface area contributed by atoms with E-state index in [-0.39, 0.29) is 6.04 Å². The maximum Gasteiger partial charge on any atom is 0.227 e. The highest BCUT2D eigenvalue weighted by molar-refractivity contribution is 5.44. The number of nitrogens with zero attached hydrogens (tertiary/aromatic N) is 3. The molecule has 1 heterocycles. The quantitative estimate of drug-likeness (QED) is 0.413. The van der Waals surface area contributed by atoms with E-state index >= 15 is 0 Å². The molecule has 3 aromatic rings. The Kier molecular flexibility index (Phi) is 9.06. The molecular formula is C27H37N3O3. The van der Waals surface area contributed by atoms with E-state index in [1.54, 1.807) is 0 Å². The Bertz CT molecular complexity index is 984. The van der Waals surface area contributed by atoms with E-state index in [9.17, 15) is 5.11 Å². The summed E-state index contributed by atoms with van der Waals surface area (Å²) in [5.74, 6) is 1.49. The summed E-state index contributed by atoms with van der Waals surface area (Å²) in [5, 5.41) is 15.4. The summed E-state index contributed by atoms with van der Waals surface area (Å²) in [5.41, 5.74) is 4.17. The first kappa shape index (κ1) is 25.0. The lowest BCUT2D eigenvalue weighted by Crippen LogP contribution is -2.39. The summed E-state index contributed by atoms with van der Waals surface area (Å²) >= 11 is 0. The van der Waals surface area contributed by atoms with Crippen LogP contribution in [0.4, 0.5) is 0 Å². The number of para-hydroxylation sites is 1. The van der Waals surface area contributed by atoms with Crippen molar-refractivity contribution in [1.29, 1.82) is 0 Å². The maximum absolute atomic E-state index is 10.5. The average Bonchev–Trinajstić information content (AvgIpc) is 3.16. The smallest absolute Gasteiger partial charge is 0.227 e. The Hall–Kier alpha value is -2.67. The monoisotopic (exact) mass is 451 g/mol. The van der Waals surface area contributed by atoms with Crippen molar-refractivity contribution >= 4 is 0 Å². The van der Waals surface area contributed by atoms with Gasteiger partial charge in [-0.15, -0.1) is 0 Å². The molecule has 0 amide bonds. The fourth-order valence-corrected chi connectivity index (χ4v) is 3.73. The van der Waals surface area contributed by atoms with Crippen molar-refractivity contribution in [2.24, 2.45) is 0 Å². The van der Waals surface area contributed by atoms with Crippen molar-refractivity contribution in [2.45, 2.75) is 59.7 Å². The van der Waals surface area contributed by atoms with Gasteiger partial charge < -0.3 is 14.6 Å². The predicted octanol–water partition coefficient (Wildman–Crippen LogP) is 5.14. The van der Waals surface area contributed by atoms with Crippen molar-refractivity contribution < 1.29 is 14.6 Å². The predicted molar refractivity (Wildman–Crippen MR) is 132 cm³/mol. The van der Waals surface area contributed by atoms with Gasteiger partial charge in [-0.2, -0.15) is 5.10 Å². The number of aliphatic hydroxyl groups excluding tert-OH is 1. The van der Waals surface area contributed by atoms with Gasteiger partial charge in [0.25, 0.3) is 0 Å². The number of hydrogen-bond acceptors (Lipinski definition) is 5. The zero-order chi connectivity index (χ0) is 23.8. The number of ether oxygens (including phenoxy) is 2. The molecule has 6 nitrogen and oxygen atoms in total. The van der Waals surface area contributed by atoms with Gasteiger partial charge in [-0.05, 0) is 58.4 Å². The van der Waals surface area contributed by atoms with Crippen LogP contribution in [0.1, 0.15) is 44.5 Å². The van der Waals surface area contributed by atoms with Crippen molar-refractivity contribution in [2.75, 3.05) is 19.8 Å². The van der Waals surface area contributed by atoms with Crippen LogP contribution in [0.15, 0.2) is 54.6 Å². The van der Waals surface area contributed by atoms with Crippen molar-refractivity contribution in [3.63, 3.8) is 0 Å². The zero-order valence-corrected chi connectivity index (χ0v) is 20.5. The lowest BCUT2D eigenvalue weighted by molar-refractivity contribution is 0.0131. The lowest BCUT2D eigenvalue weighted by Gasteiger charge is -2.29.